The lowest BCUT2D eigenvalue weighted by molar-refractivity contribution is 0.0520. The van der Waals surface area contributed by atoms with E-state index in [-0.39, 0.29) is 5.69 Å². The van der Waals surface area contributed by atoms with E-state index in [9.17, 15) is 4.79 Å². The van der Waals surface area contributed by atoms with Crippen molar-refractivity contribution in [3.63, 3.8) is 0 Å². The Labute approximate surface area is 90.6 Å². The molecule has 5 nitrogen and oxygen atoms in total. The molecule has 0 spiro atoms. The Morgan fingerprint density at radius 3 is 3.13 bits per heavy atom. The standard InChI is InChI=1S/C9H8ClN3O2/c1-2-15-9(14)6-5-13-8(11-6)4-3-7(10)12-13/h3-5H,2H2,1H3. The highest BCUT2D eigenvalue weighted by molar-refractivity contribution is 6.29. The van der Waals surface area contributed by atoms with E-state index in [1.165, 1.54) is 10.7 Å². The number of nitrogens with zero attached hydrogens (tertiary/aromatic N) is 3. The smallest absolute Gasteiger partial charge is 0.358 e. The van der Waals surface area contributed by atoms with Gasteiger partial charge in [0.25, 0.3) is 0 Å². The van der Waals surface area contributed by atoms with Crippen LogP contribution in [0, 0.1) is 0 Å². The number of halogens is 1. The fourth-order valence-electron chi connectivity index (χ4n) is 1.16. The minimum Gasteiger partial charge on any atom is -0.461 e. The fourth-order valence-corrected chi connectivity index (χ4v) is 1.31. The number of rotatable bonds is 2. The number of fused-ring (bicyclic) bond motifs is 1. The molecule has 0 saturated carbocycles. The van der Waals surface area contributed by atoms with Crippen molar-refractivity contribution in [2.75, 3.05) is 6.61 Å². The number of ether oxygens (including phenoxy) is 1. The summed E-state index contributed by atoms with van der Waals surface area (Å²) >= 11 is 5.69. The first-order chi connectivity index (χ1) is 7.20. The van der Waals surface area contributed by atoms with Crippen molar-refractivity contribution in [2.45, 2.75) is 6.92 Å². The second kappa shape index (κ2) is 3.86. The van der Waals surface area contributed by atoms with Gasteiger partial charge >= 0.3 is 5.97 Å². The van der Waals surface area contributed by atoms with Crippen LogP contribution in [0.2, 0.25) is 5.15 Å². The second-order valence-corrected chi connectivity index (χ2v) is 3.19. The molecule has 0 aliphatic carbocycles. The number of carbonyl (C=O) groups excluding carboxylic acids is 1. The number of aromatic nitrogens is 3. The number of imidazole rings is 1. The Balaban J connectivity index is 2.42. The van der Waals surface area contributed by atoms with Gasteiger partial charge in [-0.05, 0) is 19.1 Å². The Morgan fingerprint density at radius 2 is 2.40 bits per heavy atom. The van der Waals surface area contributed by atoms with Crippen molar-refractivity contribution in [3.05, 3.63) is 29.2 Å². The summed E-state index contributed by atoms with van der Waals surface area (Å²) in [6.07, 6.45) is 1.49. The lowest BCUT2D eigenvalue weighted by Gasteiger charge is -1.94. The van der Waals surface area contributed by atoms with Gasteiger partial charge in [-0.1, -0.05) is 11.6 Å². The molecule has 0 aliphatic rings. The minimum absolute atomic E-state index is 0.228. The highest BCUT2D eigenvalue weighted by atomic mass is 35.5. The third-order valence-corrected chi connectivity index (χ3v) is 1.97. The fraction of sp³-hybridized carbons (Fsp3) is 0.222. The molecule has 0 atom stereocenters. The SMILES string of the molecule is CCOC(=O)c1cn2nc(Cl)ccc2n1. The number of esters is 1. The average Bonchev–Trinajstić information content (AvgIpc) is 2.60. The second-order valence-electron chi connectivity index (χ2n) is 2.81. The lowest BCUT2D eigenvalue weighted by atomic mass is 10.5. The van der Waals surface area contributed by atoms with Gasteiger partial charge in [0.1, 0.15) is 5.15 Å². The zero-order valence-corrected chi connectivity index (χ0v) is 8.73. The van der Waals surface area contributed by atoms with E-state index in [0.29, 0.717) is 17.4 Å². The highest BCUT2D eigenvalue weighted by Gasteiger charge is 2.11. The molecule has 0 saturated heterocycles. The van der Waals surface area contributed by atoms with Crippen LogP contribution in [0.15, 0.2) is 18.3 Å². The van der Waals surface area contributed by atoms with Gasteiger partial charge in [0.05, 0.1) is 12.8 Å². The molecular formula is C9H8ClN3O2. The summed E-state index contributed by atoms with van der Waals surface area (Å²) < 4.78 is 6.25. The number of hydrogen-bond donors (Lipinski definition) is 0. The molecule has 78 valence electrons. The minimum atomic E-state index is -0.459. The molecule has 0 aliphatic heterocycles. The Morgan fingerprint density at radius 1 is 1.60 bits per heavy atom. The predicted molar refractivity (Wildman–Crippen MR) is 54.0 cm³/mol. The van der Waals surface area contributed by atoms with Gasteiger partial charge in [-0.3, -0.25) is 0 Å². The maximum atomic E-state index is 11.3. The first-order valence-corrected chi connectivity index (χ1v) is 4.77. The van der Waals surface area contributed by atoms with Crippen LogP contribution in [0.3, 0.4) is 0 Å². The Bertz CT molecular complexity index is 509. The third kappa shape index (κ3) is 1.92. The molecule has 0 unspecified atom stereocenters. The van der Waals surface area contributed by atoms with Crippen LogP contribution in [0.25, 0.3) is 5.65 Å². The molecule has 6 heteroatoms. The van der Waals surface area contributed by atoms with Crippen LogP contribution in [-0.2, 0) is 4.74 Å². The van der Waals surface area contributed by atoms with Gasteiger partial charge in [-0.2, -0.15) is 5.10 Å². The molecule has 0 aromatic carbocycles. The van der Waals surface area contributed by atoms with Crippen molar-refractivity contribution >= 4 is 23.2 Å². The van der Waals surface area contributed by atoms with Gasteiger partial charge in [-0.15, -0.1) is 0 Å². The average molecular weight is 226 g/mol. The maximum absolute atomic E-state index is 11.3. The molecular weight excluding hydrogens is 218 g/mol. The molecule has 0 bridgehead atoms. The van der Waals surface area contributed by atoms with E-state index in [4.69, 9.17) is 16.3 Å². The first kappa shape index (κ1) is 9.92. The van der Waals surface area contributed by atoms with Gasteiger partial charge < -0.3 is 4.74 Å². The summed E-state index contributed by atoms with van der Waals surface area (Å²) in [6.45, 7) is 2.06. The zero-order chi connectivity index (χ0) is 10.8. The van der Waals surface area contributed by atoms with E-state index in [1.54, 1.807) is 19.1 Å². The summed E-state index contributed by atoms with van der Waals surface area (Å²) in [5, 5.41) is 4.29. The summed E-state index contributed by atoms with van der Waals surface area (Å²) in [4.78, 5) is 15.4. The van der Waals surface area contributed by atoms with Gasteiger partial charge in [0, 0.05) is 0 Å². The molecule has 15 heavy (non-hydrogen) atoms. The summed E-state index contributed by atoms with van der Waals surface area (Å²) in [5.74, 6) is -0.459. The summed E-state index contributed by atoms with van der Waals surface area (Å²) in [5.41, 5.74) is 0.786. The summed E-state index contributed by atoms with van der Waals surface area (Å²) in [6, 6.07) is 3.29. The molecule has 2 aromatic rings. The van der Waals surface area contributed by atoms with Gasteiger partial charge in [0.2, 0.25) is 0 Å². The zero-order valence-electron chi connectivity index (χ0n) is 7.98. The van der Waals surface area contributed by atoms with Gasteiger partial charge in [0.15, 0.2) is 11.3 Å². The molecule has 0 amide bonds. The van der Waals surface area contributed by atoms with Crippen LogP contribution in [-0.4, -0.2) is 27.2 Å². The largest absolute Gasteiger partial charge is 0.461 e. The number of carbonyl (C=O) groups is 1. The highest BCUT2D eigenvalue weighted by Crippen LogP contribution is 2.08. The quantitative estimate of drug-likeness (QED) is 0.728. The predicted octanol–water partition coefficient (Wildman–Crippen LogP) is 1.56. The first-order valence-electron chi connectivity index (χ1n) is 4.39. The molecule has 0 N–H and O–H groups in total. The molecule has 0 fully saturated rings. The monoisotopic (exact) mass is 225 g/mol. The molecule has 2 heterocycles. The topological polar surface area (TPSA) is 56.5 Å². The lowest BCUT2D eigenvalue weighted by Crippen LogP contribution is -2.04. The van der Waals surface area contributed by atoms with Crippen molar-refractivity contribution in [1.82, 2.24) is 14.6 Å². The van der Waals surface area contributed by atoms with Crippen molar-refractivity contribution in [2.24, 2.45) is 0 Å². The van der Waals surface area contributed by atoms with E-state index >= 15 is 0 Å². The maximum Gasteiger partial charge on any atom is 0.358 e. The molecule has 0 radical (unpaired) electrons. The number of hydrogen-bond acceptors (Lipinski definition) is 4. The van der Waals surface area contributed by atoms with E-state index < -0.39 is 5.97 Å². The third-order valence-electron chi connectivity index (χ3n) is 1.77. The van der Waals surface area contributed by atoms with Crippen molar-refractivity contribution in [3.8, 4) is 0 Å². The normalized spacial score (nSPS) is 10.5. The van der Waals surface area contributed by atoms with Crippen molar-refractivity contribution < 1.29 is 9.53 Å². The molecule has 2 aromatic heterocycles. The van der Waals surface area contributed by atoms with Crippen LogP contribution in [0.1, 0.15) is 17.4 Å². The van der Waals surface area contributed by atoms with Crippen LogP contribution < -0.4 is 0 Å². The Hall–Kier alpha value is -1.62. The van der Waals surface area contributed by atoms with E-state index in [0.717, 1.165) is 0 Å². The van der Waals surface area contributed by atoms with E-state index in [2.05, 4.69) is 10.1 Å². The van der Waals surface area contributed by atoms with Gasteiger partial charge in [-0.25, -0.2) is 14.3 Å². The van der Waals surface area contributed by atoms with Crippen LogP contribution in [0.4, 0.5) is 0 Å². The van der Waals surface area contributed by atoms with Crippen molar-refractivity contribution in [1.29, 1.82) is 0 Å². The summed E-state index contributed by atoms with van der Waals surface area (Å²) in [7, 11) is 0. The Kier molecular flexibility index (Phi) is 2.55. The van der Waals surface area contributed by atoms with Crippen LogP contribution in [0.5, 0.6) is 0 Å². The van der Waals surface area contributed by atoms with E-state index in [1.807, 2.05) is 0 Å². The molecule has 2 rings (SSSR count). The van der Waals surface area contributed by atoms with Crippen LogP contribution >= 0.6 is 11.6 Å².